The fourth-order valence-electron chi connectivity index (χ4n) is 3.17. The van der Waals surface area contributed by atoms with Crippen LogP contribution in [-0.2, 0) is 22.4 Å². The lowest BCUT2D eigenvalue weighted by atomic mass is 9.95. The van der Waals surface area contributed by atoms with Crippen LogP contribution in [0.15, 0.2) is 24.3 Å². The van der Waals surface area contributed by atoms with Crippen LogP contribution in [0.25, 0.3) is 5.69 Å². The first-order valence-corrected chi connectivity index (χ1v) is 8.40. The van der Waals surface area contributed by atoms with E-state index in [1.165, 1.54) is 19.2 Å². The Morgan fingerprint density at radius 3 is 2.85 bits per heavy atom. The van der Waals surface area contributed by atoms with Crippen LogP contribution in [0, 0.1) is 5.82 Å². The summed E-state index contributed by atoms with van der Waals surface area (Å²) in [4.78, 5) is 23.9. The second kappa shape index (κ2) is 7.65. The Hall–Kier alpha value is -2.74. The average Bonchev–Trinajstić information content (AvgIpc) is 3.01. The molecule has 0 fully saturated rings. The highest BCUT2D eigenvalue weighted by molar-refractivity contribution is 5.96. The van der Waals surface area contributed by atoms with Crippen LogP contribution in [-0.4, -0.2) is 46.5 Å². The number of ether oxygens (including phenoxy) is 1. The van der Waals surface area contributed by atoms with Crippen molar-refractivity contribution in [2.75, 3.05) is 13.7 Å². The molecule has 8 heteroatoms. The van der Waals surface area contributed by atoms with Crippen molar-refractivity contribution < 1.29 is 23.8 Å². The lowest BCUT2D eigenvalue weighted by Crippen LogP contribution is -2.44. The molecule has 0 radical (unpaired) electrons. The molecule has 26 heavy (non-hydrogen) atoms. The van der Waals surface area contributed by atoms with E-state index in [0.717, 1.165) is 30.5 Å². The van der Waals surface area contributed by atoms with Gasteiger partial charge in [-0.15, -0.1) is 0 Å². The van der Waals surface area contributed by atoms with E-state index < -0.39 is 17.9 Å². The summed E-state index contributed by atoms with van der Waals surface area (Å²) >= 11 is 0. The van der Waals surface area contributed by atoms with Gasteiger partial charge in [-0.05, 0) is 43.9 Å². The van der Waals surface area contributed by atoms with Crippen molar-refractivity contribution in [2.24, 2.45) is 0 Å². The summed E-state index contributed by atoms with van der Waals surface area (Å²) < 4.78 is 20.0. The minimum absolute atomic E-state index is 0.145. The molecule has 1 atom stereocenters. The van der Waals surface area contributed by atoms with E-state index in [9.17, 15) is 19.1 Å². The van der Waals surface area contributed by atoms with Gasteiger partial charge in [-0.3, -0.25) is 4.79 Å². The van der Waals surface area contributed by atoms with E-state index >= 15 is 0 Å². The van der Waals surface area contributed by atoms with Crippen molar-refractivity contribution in [3.05, 3.63) is 47.0 Å². The molecule has 0 bridgehead atoms. The molecule has 1 heterocycles. The van der Waals surface area contributed by atoms with E-state index in [1.807, 2.05) is 0 Å². The molecule has 0 spiro atoms. The molecule has 138 valence electrons. The number of carbonyl (C=O) groups excluding carboxylic acids is 1. The lowest BCUT2D eigenvalue weighted by molar-refractivity contribution is -0.140. The number of benzene rings is 1. The number of amides is 1. The maximum Gasteiger partial charge on any atom is 0.328 e. The topological polar surface area (TPSA) is 93.5 Å². The third-order valence-electron chi connectivity index (χ3n) is 4.38. The molecule has 1 amide bonds. The van der Waals surface area contributed by atoms with Crippen LogP contribution in [0.5, 0.6) is 0 Å². The fourth-order valence-corrected chi connectivity index (χ4v) is 3.17. The van der Waals surface area contributed by atoms with E-state index in [0.29, 0.717) is 12.1 Å². The van der Waals surface area contributed by atoms with Gasteiger partial charge < -0.3 is 15.2 Å². The molecular weight excluding hydrogens is 341 g/mol. The van der Waals surface area contributed by atoms with Crippen LogP contribution in [0.2, 0.25) is 0 Å². The molecule has 2 N–H and O–H groups in total. The third kappa shape index (κ3) is 3.60. The van der Waals surface area contributed by atoms with Gasteiger partial charge in [-0.2, -0.15) is 5.10 Å². The summed E-state index contributed by atoms with van der Waals surface area (Å²) in [5.74, 6) is -2.14. The molecule has 0 aliphatic heterocycles. The SMILES string of the molecule is COCC(NC(=O)c1nn(-c2cccc(F)c2)c2c1CCCC2)C(=O)O. The Morgan fingerprint density at radius 1 is 1.38 bits per heavy atom. The molecule has 1 aliphatic carbocycles. The normalized spacial score (nSPS) is 14.5. The van der Waals surface area contributed by atoms with Gasteiger partial charge in [-0.1, -0.05) is 6.07 Å². The minimum Gasteiger partial charge on any atom is -0.480 e. The highest BCUT2D eigenvalue weighted by Gasteiger charge is 2.28. The van der Waals surface area contributed by atoms with Gasteiger partial charge in [0.2, 0.25) is 0 Å². The molecule has 1 aromatic heterocycles. The fraction of sp³-hybridized carbons (Fsp3) is 0.389. The van der Waals surface area contributed by atoms with Crippen molar-refractivity contribution in [3.63, 3.8) is 0 Å². The zero-order chi connectivity index (χ0) is 18.7. The maximum atomic E-state index is 13.6. The zero-order valence-electron chi connectivity index (χ0n) is 14.4. The van der Waals surface area contributed by atoms with Crippen LogP contribution in [0.3, 0.4) is 0 Å². The molecule has 1 unspecified atom stereocenters. The van der Waals surface area contributed by atoms with Crippen molar-refractivity contribution in [1.29, 1.82) is 0 Å². The highest BCUT2D eigenvalue weighted by atomic mass is 19.1. The number of carboxylic acid groups (broad SMARTS) is 1. The first kappa shape index (κ1) is 18.1. The second-order valence-corrected chi connectivity index (χ2v) is 6.19. The van der Waals surface area contributed by atoms with Crippen molar-refractivity contribution in [3.8, 4) is 5.69 Å². The van der Waals surface area contributed by atoms with Crippen molar-refractivity contribution in [1.82, 2.24) is 15.1 Å². The second-order valence-electron chi connectivity index (χ2n) is 6.19. The van der Waals surface area contributed by atoms with E-state index in [4.69, 9.17) is 4.74 Å². The van der Waals surface area contributed by atoms with E-state index in [2.05, 4.69) is 10.4 Å². The molecule has 7 nitrogen and oxygen atoms in total. The lowest BCUT2D eigenvalue weighted by Gasteiger charge is -2.15. The first-order valence-electron chi connectivity index (χ1n) is 8.40. The molecule has 1 aromatic carbocycles. The van der Waals surface area contributed by atoms with Gasteiger partial charge in [0.05, 0.1) is 12.3 Å². The largest absolute Gasteiger partial charge is 0.480 e. The molecular formula is C18H20FN3O4. The summed E-state index contributed by atoms with van der Waals surface area (Å²) in [6, 6.07) is 4.84. The molecule has 0 saturated carbocycles. The number of rotatable bonds is 6. The Balaban J connectivity index is 1.97. The van der Waals surface area contributed by atoms with Crippen molar-refractivity contribution >= 4 is 11.9 Å². The minimum atomic E-state index is -1.18. The number of hydrogen-bond acceptors (Lipinski definition) is 4. The zero-order valence-corrected chi connectivity index (χ0v) is 14.4. The summed E-state index contributed by atoms with van der Waals surface area (Å²) in [6.07, 6.45) is 3.28. The van der Waals surface area contributed by atoms with Crippen LogP contribution < -0.4 is 5.32 Å². The van der Waals surface area contributed by atoms with Gasteiger partial charge in [-0.25, -0.2) is 13.9 Å². The van der Waals surface area contributed by atoms with Gasteiger partial charge >= 0.3 is 5.97 Å². The van der Waals surface area contributed by atoms with Gasteiger partial charge in [0.25, 0.3) is 5.91 Å². The van der Waals surface area contributed by atoms with Crippen LogP contribution in [0.1, 0.15) is 34.6 Å². The number of methoxy groups -OCH3 is 1. The predicted molar refractivity (Wildman–Crippen MR) is 90.9 cm³/mol. The number of nitrogens with zero attached hydrogens (tertiary/aromatic N) is 2. The number of aliphatic carboxylic acids is 1. The molecule has 3 rings (SSSR count). The number of halogens is 1. The van der Waals surface area contributed by atoms with Gasteiger partial charge in [0, 0.05) is 18.4 Å². The highest BCUT2D eigenvalue weighted by Crippen LogP contribution is 2.27. The monoisotopic (exact) mass is 361 g/mol. The number of fused-ring (bicyclic) bond motifs is 1. The molecule has 1 aliphatic rings. The number of aromatic nitrogens is 2. The summed E-state index contributed by atoms with van der Waals surface area (Å²) in [5, 5.41) is 16.0. The summed E-state index contributed by atoms with van der Waals surface area (Å²) in [7, 11) is 1.36. The Morgan fingerprint density at radius 2 is 2.15 bits per heavy atom. The van der Waals surface area contributed by atoms with Crippen LogP contribution in [0.4, 0.5) is 4.39 Å². The van der Waals surface area contributed by atoms with Crippen LogP contribution >= 0.6 is 0 Å². The van der Waals surface area contributed by atoms with Crippen molar-refractivity contribution in [2.45, 2.75) is 31.7 Å². The predicted octanol–water partition coefficient (Wildman–Crippen LogP) is 1.72. The molecule has 2 aromatic rings. The average molecular weight is 361 g/mol. The smallest absolute Gasteiger partial charge is 0.328 e. The quantitative estimate of drug-likeness (QED) is 0.817. The van der Waals surface area contributed by atoms with E-state index in [-0.39, 0.29) is 18.1 Å². The maximum absolute atomic E-state index is 13.6. The number of carboxylic acids is 1. The number of nitrogens with one attached hydrogen (secondary N) is 1. The third-order valence-corrected chi connectivity index (χ3v) is 4.38. The van der Waals surface area contributed by atoms with Gasteiger partial charge in [0.15, 0.2) is 11.7 Å². The number of hydrogen-bond donors (Lipinski definition) is 2. The Kier molecular flexibility index (Phi) is 5.32. The van der Waals surface area contributed by atoms with E-state index in [1.54, 1.807) is 16.8 Å². The first-order chi connectivity index (χ1) is 12.5. The summed E-state index contributed by atoms with van der Waals surface area (Å²) in [6.45, 7) is -0.145. The molecule has 0 saturated heterocycles. The summed E-state index contributed by atoms with van der Waals surface area (Å²) in [5.41, 5.74) is 2.38. The Bertz CT molecular complexity index is 834. The Labute approximate surface area is 149 Å². The number of carbonyl (C=O) groups is 2. The van der Waals surface area contributed by atoms with Gasteiger partial charge in [0.1, 0.15) is 5.82 Å². The standard InChI is InChI=1S/C18H20FN3O4/c1-26-10-14(18(24)25)20-17(23)16-13-7-2-3-8-15(13)22(21-16)12-6-4-5-11(19)9-12/h4-6,9,14H,2-3,7-8,10H2,1H3,(H,20,23)(H,24,25).